The molecule has 0 aliphatic carbocycles. The molecule has 0 aliphatic heterocycles. The van der Waals surface area contributed by atoms with Crippen LogP contribution in [0.5, 0.6) is 5.75 Å². The molecule has 0 heterocycles. The second-order valence-corrected chi connectivity index (χ2v) is 5.57. The van der Waals surface area contributed by atoms with Crippen LogP contribution in [0.3, 0.4) is 0 Å². The number of benzene rings is 1. The number of nitrogens with one attached hydrogen (secondary N) is 1. The highest BCUT2D eigenvalue weighted by Gasteiger charge is 2.17. The normalized spacial score (nSPS) is 11.1. The molecule has 8 heteroatoms. The fraction of sp³-hybridized carbons (Fsp3) is 0.231. The number of rotatable bonds is 6. The van der Waals surface area contributed by atoms with Gasteiger partial charge < -0.3 is 9.47 Å². The first-order chi connectivity index (χ1) is 9.94. The lowest BCUT2D eigenvalue weighted by molar-refractivity contribution is -0.136. The van der Waals surface area contributed by atoms with Crippen LogP contribution in [-0.4, -0.2) is 35.2 Å². The molecule has 1 aromatic carbocycles. The van der Waals surface area contributed by atoms with Crippen LogP contribution in [0.2, 0.25) is 0 Å². The van der Waals surface area contributed by atoms with Gasteiger partial charge in [0.25, 0.3) is 0 Å². The van der Waals surface area contributed by atoms with Gasteiger partial charge in [-0.1, -0.05) is 6.07 Å². The lowest BCUT2D eigenvalue weighted by atomic mass is 10.2. The second kappa shape index (κ2) is 7.42. The van der Waals surface area contributed by atoms with E-state index in [1.54, 1.807) is 12.1 Å². The lowest BCUT2D eigenvalue weighted by Crippen LogP contribution is -2.19. The zero-order valence-corrected chi connectivity index (χ0v) is 12.3. The summed E-state index contributed by atoms with van der Waals surface area (Å²) in [4.78, 5) is 11.2. The molecule has 0 aliphatic rings. The van der Waals surface area contributed by atoms with Crippen molar-refractivity contribution in [2.75, 3.05) is 20.8 Å². The Morgan fingerprint density at radius 2 is 2.19 bits per heavy atom. The van der Waals surface area contributed by atoms with Gasteiger partial charge in [0.2, 0.25) is 10.0 Å². The minimum Gasteiger partial charge on any atom is -0.495 e. The van der Waals surface area contributed by atoms with E-state index in [4.69, 9.17) is 10.00 Å². The van der Waals surface area contributed by atoms with E-state index < -0.39 is 16.0 Å². The van der Waals surface area contributed by atoms with Gasteiger partial charge in [-0.3, -0.25) is 0 Å². The average molecular weight is 310 g/mol. The van der Waals surface area contributed by atoms with Crippen molar-refractivity contribution in [3.63, 3.8) is 0 Å². The fourth-order valence-corrected chi connectivity index (χ4v) is 2.36. The van der Waals surface area contributed by atoms with E-state index >= 15 is 0 Å². The number of nitrogens with zero attached hydrogens (tertiary/aromatic N) is 1. The third kappa shape index (κ3) is 4.59. The Labute approximate surface area is 122 Å². The van der Waals surface area contributed by atoms with Crippen molar-refractivity contribution in [2.45, 2.75) is 4.90 Å². The molecule has 1 N–H and O–H groups in total. The third-order valence-electron chi connectivity index (χ3n) is 2.44. The van der Waals surface area contributed by atoms with Crippen LogP contribution in [0, 0.1) is 11.3 Å². The molecule has 1 rings (SSSR count). The number of sulfonamides is 1. The van der Waals surface area contributed by atoms with Crippen molar-refractivity contribution < 1.29 is 22.7 Å². The Balaban J connectivity index is 3.07. The molecule has 0 amide bonds. The zero-order valence-electron chi connectivity index (χ0n) is 11.5. The van der Waals surface area contributed by atoms with Gasteiger partial charge in [0, 0.05) is 6.08 Å². The second-order valence-electron chi connectivity index (χ2n) is 3.72. The van der Waals surface area contributed by atoms with Crippen molar-refractivity contribution in [1.82, 2.24) is 4.72 Å². The van der Waals surface area contributed by atoms with Crippen LogP contribution in [-0.2, 0) is 19.6 Å². The molecule has 0 saturated carbocycles. The van der Waals surface area contributed by atoms with Crippen molar-refractivity contribution in [3.8, 4) is 11.8 Å². The summed E-state index contributed by atoms with van der Waals surface area (Å²) in [5.41, 5.74) is 0.471. The summed E-state index contributed by atoms with van der Waals surface area (Å²) in [5.74, 6) is -0.501. The Morgan fingerprint density at radius 1 is 1.48 bits per heavy atom. The van der Waals surface area contributed by atoms with Crippen LogP contribution in [0.15, 0.2) is 29.2 Å². The van der Waals surface area contributed by atoms with Crippen molar-refractivity contribution in [3.05, 3.63) is 29.8 Å². The van der Waals surface area contributed by atoms with E-state index in [-0.39, 0.29) is 17.3 Å². The minimum atomic E-state index is -3.68. The van der Waals surface area contributed by atoms with Gasteiger partial charge in [-0.05, 0) is 30.8 Å². The van der Waals surface area contributed by atoms with Crippen LogP contribution in [0.25, 0.3) is 6.08 Å². The summed E-state index contributed by atoms with van der Waals surface area (Å²) >= 11 is 0. The number of ether oxygens (including phenoxy) is 2. The molecule has 0 aromatic heterocycles. The first-order valence-corrected chi connectivity index (χ1v) is 7.26. The van der Waals surface area contributed by atoms with Crippen LogP contribution in [0.4, 0.5) is 0 Å². The number of methoxy groups -OCH3 is 1. The summed E-state index contributed by atoms with van der Waals surface area (Å²) in [6, 6.07) is 6.09. The van der Waals surface area contributed by atoms with E-state index in [0.717, 1.165) is 6.08 Å². The molecular weight excluding hydrogens is 296 g/mol. The van der Waals surface area contributed by atoms with Crippen molar-refractivity contribution in [1.29, 1.82) is 5.26 Å². The highest BCUT2D eigenvalue weighted by molar-refractivity contribution is 7.89. The number of nitriles is 1. The first kappa shape index (κ1) is 16.7. The van der Waals surface area contributed by atoms with E-state index in [0.29, 0.717) is 5.56 Å². The maximum Gasteiger partial charge on any atom is 0.331 e. The number of hydrogen-bond acceptors (Lipinski definition) is 6. The van der Waals surface area contributed by atoms with Gasteiger partial charge in [-0.25, -0.2) is 17.9 Å². The van der Waals surface area contributed by atoms with Crippen LogP contribution < -0.4 is 9.46 Å². The van der Waals surface area contributed by atoms with E-state index in [2.05, 4.69) is 9.46 Å². The lowest BCUT2D eigenvalue weighted by Gasteiger charge is -2.09. The molecule has 0 bridgehead atoms. The zero-order chi connectivity index (χ0) is 15.9. The smallest absolute Gasteiger partial charge is 0.331 e. The Bertz CT molecular complexity index is 689. The summed E-state index contributed by atoms with van der Waals surface area (Å²) in [6.07, 6.45) is 2.49. The molecule has 0 fully saturated rings. The van der Waals surface area contributed by atoms with Gasteiger partial charge in [0.05, 0.1) is 7.11 Å². The molecule has 0 atom stereocenters. The van der Waals surface area contributed by atoms with Gasteiger partial charge in [0.15, 0.2) is 6.61 Å². The maximum absolute atomic E-state index is 11.9. The van der Waals surface area contributed by atoms with Crippen molar-refractivity contribution >= 4 is 22.1 Å². The standard InChI is InChI=1S/C13H14N2O5S/c1-15-21(17,18)12-9-10(3-5-11(12)19-2)4-6-13(16)20-8-7-14/h3-6,9,15H,8H2,1-2H3/b6-4+. The Kier molecular flexibility index (Phi) is 5.90. The molecule has 112 valence electrons. The SMILES string of the molecule is CNS(=O)(=O)c1cc(/C=C/C(=O)OCC#N)ccc1OC. The average Bonchev–Trinajstić information content (AvgIpc) is 2.50. The minimum absolute atomic E-state index is 0.0416. The quantitative estimate of drug-likeness (QED) is 0.612. The maximum atomic E-state index is 11.9. The molecule has 7 nitrogen and oxygen atoms in total. The predicted molar refractivity (Wildman–Crippen MR) is 74.8 cm³/mol. The third-order valence-corrected chi connectivity index (χ3v) is 3.87. The largest absolute Gasteiger partial charge is 0.495 e. The monoisotopic (exact) mass is 310 g/mol. The topological polar surface area (TPSA) is 105 Å². The van der Waals surface area contributed by atoms with E-state index in [1.807, 2.05) is 0 Å². The highest BCUT2D eigenvalue weighted by atomic mass is 32.2. The number of carbonyl (C=O) groups excluding carboxylic acids is 1. The molecule has 0 spiro atoms. The predicted octanol–water partition coefficient (Wildman–Crippen LogP) is 0.683. The Morgan fingerprint density at radius 3 is 2.76 bits per heavy atom. The number of esters is 1. The van der Waals surface area contributed by atoms with Gasteiger partial charge in [-0.15, -0.1) is 0 Å². The summed E-state index contributed by atoms with van der Waals surface area (Å²) in [7, 11) is -1.04. The summed E-state index contributed by atoms with van der Waals surface area (Å²) in [6.45, 7) is -0.342. The Hall–Kier alpha value is -2.37. The molecule has 0 saturated heterocycles. The summed E-state index contributed by atoms with van der Waals surface area (Å²) in [5, 5.41) is 8.27. The molecule has 1 aromatic rings. The van der Waals surface area contributed by atoms with Crippen LogP contribution in [0.1, 0.15) is 5.56 Å². The molecule has 21 heavy (non-hydrogen) atoms. The molecule has 0 radical (unpaired) electrons. The van der Waals surface area contributed by atoms with Gasteiger partial charge in [-0.2, -0.15) is 5.26 Å². The molecular formula is C13H14N2O5S. The van der Waals surface area contributed by atoms with Gasteiger partial charge >= 0.3 is 5.97 Å². The van der Waals surface area contributed by atoms with Crippen LogP contribution >= 0.6 is 0 Å². The summed E-state index contributed by atoms with van der Waals surface area (Å²) < 4.78 is 35.5. The van der Waals surface area contributed by atoms with Crippen molar-refractivity contribution in [2.24, 2.45) is 0 Å². The van der Waals surface area contributed by atoms with E-state index in [1.165, 1.54) is 32.4 Å². The number of carbonyl (C=O) groups is 1. The molecule has 0 unspecified atom stereocenters. The first-order valence-electron chi connectivity index (χ1n) is 5.78. The van der Waals surface area contributed by atoms with Gasteiger partial charge in [0.1, 0.15) is 16.7 Å². The number of hydrogen-bond donors (Lipinski definition) is 1. The highest BCUT2D eigenvalue weighted by Crippen LogP contribution is 2.25. The van der Waals surface area contributed by atoms with E-state index in [9.17, 15) is 13.2 Å². The fourth-order valence-electron chi connectivity index (χ4n) is 1.43.